The number of rotatable bonds is 2. The molecule has 0 bridgehead atoms. The minimum absolute atomic E-state index is 0.254. The van der Waals surface area contributed by atoms with Crippen LogP contribution in [0.5, 0.6) is 0 Å². The topological polar surface area (TPSA) is 87.4 Å². The van der Waals surface area contributed by atoms with E-state index in [0.717, 1.165) is 11.9 Å². The van der Waals surface area contributed by atoms with Crippen LogP contribution in [0, 0.1) is 0 Å². The first-order chi connectivity index (χ1) is 10.5. The van der Waals surface area contributed by atoms with Crippen LogP contribution in [-0.2, 0) is 7.05 Å². The van der Waals surface area contributed by atoms with E-state index < -0.39 is 18.2 Å². The molecule has 1 heterocycles. The van der Waals surface area contributed by atoms with Crippen LogP contribution in [0.3, 0.4) is 0 Å². The van der Waals surface area contributed by atoms with Gasteiger partial charge in [-0.1, -0.05) is 11.6 Å². The summed E-state index contributed by atoms with van der Waals surface area (Å²) in [5.41, 5.74) is 1.45. The van der Waals surface area contributed by atoms with E-state index in [1.165, 1.54) is 0 Å². The van der Waals surface area contributed by atoms with Crippen molar-refractivity contribution in [3.63, 3.8) is 0 Å². The summed E-state index contributed by atoms with van der Waals surface area (Å²) in [5.74, 6) is -0.113. The molecule has 2 aromatic rings. The molecular formula is C15H18ClN3O3. The average Bonchev–Trinajstić information content (AvgIpc) is 2.80. The molecule has 1 aliphatic carbocycles. The van der Waals surface area contributed by atoms with E-state index in [2.05, 4.69) is 10.3 Å². The van der Waals surface area contributed by atoms with Crippen molar-refractivity contribution >= 4 is 28.5 Å². The fraction of sp³-hybridized carbons (Fsp3) is 0.467. The minimum Gasteiger partial charge on any atom is -0.390 e. The van der Waals surface area contributed by atoms with Gasteiger partial charge in [-0.3, -0.25) is 4.79 Å². The molecule has 3 rings (SSSR count). The lowest BCUT2D eigenvalue weighted by atomic mass is 9.90. The number of amides is 1. The molecule has 1 aliphatic rings. The van der Waals surface area contributed by atoms with Crippen molar-refractivity contribution in [2.24, 2.45) is 7.05 Å². The number of aryl methyl sites for hydroxylation is 1. The first-order valence-corrected chi connectivity index (χ1v) is 7.64. The number of halogens is 1. The van der Waals surface area contributed by atoms with E-state index in [9.17, 15) is 15.0 Å². The van der Waals surface area contributed by atoms with Gasteiger partial charge in [0.25, 0.3) is 5.91 Å². The van der Waals surface area contributed by atoms with E-state index >= 15 is 0 Å². The molecule has 0 unspecified atom stereocenters. The number of hydrogen-bond acceptors (Lipinski definition) is 4. The number of aromatic nitrogens is 2. The standard InChI is InChI=1S/C15H18ClN3O3/c1-19-11-6-5-8(16)7-10(11)17-14(19)15(22)18-9-3-2-4-12(20)13(9)21/h5-7,9,12-13,20-21H,2-4H2,1H3,(H,18,22)/t9-,12-,13-/m1/s1. The van der Waals surface area contributed by atoms with Gasteiger partial charge in [0.2, 0.25) is 0 Å². The average molecular weight is 324 g/mol. The second kappa shape index (κ2) is 5.87. The molecule has 1 saturated carbocycles. The Balaban J connectivity index is 1.84. The summed E-state index contributed by atoms with van der Waals surface area (Å²) >= 11 is 5.94. The van der Waals surface area contributed by atoms with Gasteiger partial charge in [-0.15, -0.1) is 0 Å². The van der Waals surface area contributed by atoms with Gasteiger partial charge in [-0.2, -0.15) is 0 Å². The minimum atomic E-state index is -0.943. The Labute approximate surface area is 132 Å². The summed E-state index contributed by atoms with van der Waals surface area (Å²) in [6.45, 7) is 0. The molecule has 1 aromatic heterocycles. The maximum Gasteiger partial charge on any atom is 0.287 e. The molecule has 1 aromatic carbocycles. The van der Waals surface area contributed by atoms with Crippen LogP contribution in [0.15, 0.2) is 18.2 Å². The Hall–Kier alpha value is -1.63. The Kier molecular flexibility index (Phi) is 4.08. The molecule has 1 fully saturated rings. The molecule has 3 N–H and O–H groups in total. The lowest BCUT2D eigenvalue weighted by molar-refractivity contribution is -0.0278. The predicted molar refractivity (Wildman–Crippen MR) is 82.8 cm³/mol. The number of hydrogen-bond donors (Lipinski definition) is 3. The molecule has 0 aliphatic heterocycles. The molecule has 0 radical (unpaired) electrons. The fourth-order valence-corrected chi connectivity index (χ4v) is 3.09. The van der Waals surface area contributed by atoms with Crippen molar-refractivity contribution in [2.45, 2.75) is 37.5 Å². The lowest BCUT2D eigenvalue weighted by Gasteiger charge is -2.32. The summed E-state index contributed by atoms with van der Waals surface area (Å²) in [7, 11) is 1.75. The van der Waals surface area contributed by atoms with Crippen LogP contribution >= 0.6 is 11.6 Å². The number of carbonyl (C=O) groups excluding carboxylic acids is 1. The van der Waals surface area contributed by atoms with E-state index in [1.54, 1.807) is 29.8 Å². The predicted octanol–water partition coefficient (Wildman–Crippen LogP) is 1.23. The maximum absolute atomic E-state index is 12.4. The van der Waals surface area contributed by atoms with Gasteiger partial charge in [0.05, 0.1) is 23.2 Å². The van der Waals surface area contributed by atoms with Crippen LogP contribution in [0.2, 0.25) is 5.02 Å². The monoisotopic (exact) mass is 323 g/mol. The van der Waals surface area contributed by atoms with Gasteiger partial charge in [-0.25, -0.2) is 4.98 Å². The Bertz CT molecular complexity index is 715. The number of benzene rings is 1. The summed E-state index contributed by atoms with van der Waals surface area (Å²) in [6.07, 6.45) is 0.222. The molecular weight excluding hydrogens is 306 g/mol. The molecule has 22 heavy (non-hydrogen) atoms. The quantitative estimate of drug-likeness (QED) is 0.775. The smallest absolute Gasteiger partial charge is 0.287 e. The fourth-order valence-electron chi connectivity index (χ4n) is 2.92. The van der Waals surface area contributed by atoms with Crippen molar-refractivity contribution in [3.05, 3.63) is 29.0 Å². The largest absolute Gasteiger partial charge is 0.390 e. The number of nitrogens with zero attached hydrogens (tertiary/aromatic N) is 2. The molecule has 1 amide bonds. The van der Waals surface area contributed by atoms with E-state index in [4.69, 9.17) is 11.6 Å². The van der Waals surface area contributed by atoms with Crippen LogP contribution in [0.1, 0.15) is 29.9 Å². The third-order valence-electron chi connectivity index (χ3n) is 4.18. The lowest BCUT2D eigenvalue weighted by Crippen LogP contribution is -2.51. The molecule has 7 heteroatoms. The number of imidazole rings is 1. The van der Waals surface area contributed by atoms with Crippen molar-refractivity contribution < 1.29 is 15.0 Å². The molecule has 6 nitrogen and oxygen atoms in total. The van der Waals surface area contributed by atoms with Gasteiger partial charge in [-0.05, 0) is 37.5 Å². The Morgan fingerprint density at radius 1 is 1.41 bits per heavy atom. The molecule has 3 atom stereocenters. The number of carbonyl (C=O) groups is 1. The molecule has 0 spiro atoms. The highest BCUT2D eigenvalue weighted by Crippen LogP contribution is 2.21. The third-order valence-corrected chi connectivity index (χ3v) is 4.42. The highest BCUT2D eigenvalue weighted by molar-refractivity contribution is 6.31. The first-order valence-electron chi connectivity index (χ1n) is 7.26. The van der Waals surface area contributed by atoms with Crippen LogP contribution in [-0.4, -0.2) is 43.9 Å². The number of aliphatic hydroxyl groups is 2. The van der Waals surface area contributed by atoms with Crippen molar-refractivity contribution in [2.75, 3.05) is 0 Å². The normalized spacial score (nSPS) is 25.4. The Morgan fingerprint density at radius 3 is 2.95 bits per heavy atom. The highest BCUT2D eigenvalue weighted by Gasteiger charge is 2.32. The summed E-state index contributed by atoms with van der Waals surface area (Å²) in [5, 5.41) is 23.0. The zero-order valence-corrected chi connectivity index (χ0v) is 12.9. The second-order valence-corrected chi connectivity index (χ2v) is 6.13. The van der Waals surface area contributed by atoms with Crippen molar-refractivity contribution in [1.29, 1.82) is 0 Å². The summed E-state index contributed by atoms with van der Waals surface area (Å²) in [6, 6.07) is 4.79. The van der Waals surface area contributed by atoms with E-state index in [1.807, 2.05) is 0 Å². The zero-order chi connectivity index (χ0) is 15.9. The van der Waals surface area contributed by atoms with Crippen LogP contribution < -0.4 is 5.32 Å². The Morgan fingerprint density at radius 2 is 2.18 bits per heavy atom. The van der Waals surface area contributed by atoms with Crippen LogP contribution in [0.4, 0.5) is 0 Å². The molecule has 118 valence electrons. The first kappa shape index (κ1) is 15.3. The van der Waals surface area contributed by atoms with Gasteiger partial charge in [0, 0.05) is 12.1 Å². The second-order valence-electron chi connectivity index (χ2n) is 5.70. The van der Waals surface area contributed by atoms with Gasteiger partial charge < -0.3 is 20.1 Å². The maximum atomic E-state index is 12.4. The summed E-state index contributed by atoms with van der Waals surface area (Å²) < 4.78 is 1.69. The van der Waals surface area contributed by atoms with Gasteiger partial charge in [0.15, 0.2) is 5.82 Å². The number of nitrogens with one attached hydrogen (secondary N) is 1. The van der Waals surface area contributed by atoms with E-state index in [0.29, 0.717) is 23.4 Å². The number of aliphatic hydroxyl groups excluding tert-OH is 2. The molecule has 0 saturated heterocycles. The van der Waals surface area contributed by atoms with Crippen molar-refractivity contribution in [1.82, 2.24) is 14.9 Å². The SMILES string of the molecule is Cn1c(C(=O)N[C@@H]2CCC[C@@H](O)[C@@H]2O)nc2cc(Cl)ccc21. The zero-order valence-electron chi connectivity index (χ0n) is 12.2. The van der Waals surface area contributed by atoms with Crippen molar-refractivity contribution in [3.8, 4) is 0 Å². The highest BCUT2D eigenvalue weighted by atomic mass is 35.5. The van der Waals surface area contributed by atoms with Gasteiger partial charge in [0.1, 0.15) is 6.10 Å². The third kappa shape index (κ3) is 2.69. The summed E-state index contributed by atoms with van der Waals surface area (Å²) in [4.78, 5) is 16.7. The van der Waals surface area contributed by atoms with E-state index in [-0.39, 0.29) is 11.7 Å². The number of fused-ring (bicyclic) bond motifs is 1. The van der Waals surface area contributed by atoms with Crippen LogP contribution in [0.25, 0.3) is 11.0 Å². The van der Waals surface area contributed by atoms with Gasteiger partial charge >= 0.3 is 0 Å².